The minimum atomic E-state index is -0.975. The van der Waals surface area contributed by atoms with Crippen molar-refractivity contribution in [2.45, 2.75) is 18.2 Å². The van der Waals surface area contributed by atoms with Gasteiger partial charge >= 0.3 is 11.7 Å². The Bertz CT molecular complexity index is 683. The summed E-state index contributed by atoms with van der Waals surface area (Å²) in [5.74, 6) is -0.366. The second kappa shape index (κ2) is 9.39. The van der Waals surface area contributed by atoms with Crippen LogP contribution < -0.4 is 4.74 Å². The molecule has 1 N–H and O–H groups in total. The Balaban J connectivity index is 1.92. The molecule has 1 fully saturated rings. The minimum Gasteiger partial charge on any atom is -0.490 e. The molecule has 0 spiro atoms. The number of hydrogen-bond donors (Lipinski definition) is 1. The van der Waals surface area contributed by atoms with Crippen LogP contribution in [0.15, 0.2) is 18.2 Å². The van der Waals surface area contributed by atoms with Gasteiger partial charge in [0, 0.05) is 18.4 Å². The molecule has 1 amide bonds. The molecule has 1 saturated heterocycles. The van der Waals surface area contributed by atoms with Crippen LogP contribution in [0.25, 0.3) is 0 Å². The normalized spacial score (nSPS) is 17.0. The Hall–Kier alpha value is -2.33. The Labute approximate surface area is 154 Å². The number of ether oxygens (including phenoxy) is 2. The number of nitro groups is 1. The summed E-state index contributed by atoms with van der Waals surface area (Å²) < 4.78 is 10.2. The van der Waals surface area contributed by atoms with Crippen LogP contribution in [0.3, 0.4) is 0 Å². The first-order valence-electron chi connectivity index (χ1n) is 7.90. The zero-order chi connectivity index (χ0) is 19.1. The van der Waals surface area contributed by atoms with Gasteiger partial charge in [0.15, 0.2) is 5.75 Å². The Morgan fingerprint density at radius 3 is 2.92 bits per heavy atom. The number of aliphatic carboxylic acids is 1. The fourth-order valence-electron chi connectivity index (χ4n) is 2.66. The highest BCUT2D eigenvalue weighted by atomic mass is 32.2. The molecule has 0 radical (unpaired) electrons. The van der Waals surface area contributed by atoms with Gasteiger partial charge in [0.05, 0.1) is 43.5 Å². The number of carbonyl (C=O) groups is 2. The quantitative estimate of drug-likeness (QED) is 0.529. The number of thioether (sulfide) groups is 1. The highest BCUT2D eigenvalue weighted by Crippen LogP contribution is 2.29. The number of hydrogen-bond acceptors (Lipinski definition) is 7. The zero-order valence-corrected chi connectivity index (χ0v) is 15.1. The van der Waals surface area contributed by atoms with Crippen LogP contribution in [-0.2, 0) is 20.1 Å². The average molecular weight is 384 g/mol. The molecule has 2 rings (SSSR count). The lowest BCUT2D eigenvalue weighted by Crippen LogP contribution is -2.50. The standard InChI is InChI=1S/C16H20N2O7S/c1-24-14-3-2-11(6-13(14)18(22)23)9-26-10-15(19)17-4-5-25-8-12(17)7-16(20)21/h2-3,6,12H,4-5,7-10H2,1H3,(H,20,21). The van der Waals surface area contributed by atoms with Crippen LogP contribution in [0, 0.1) is 10.1 Å². The molecule has 10 heteroatoms. The number of morpholine rings is 1. The molecule has 1 aromatic carbocycles. The van der Waals surface area contributed by atoms with E-state index < -0.39 is 16.9 Å². The van der Waals surface area contributed by atoms with E-state index in [1.165, 1.54) is 31.0 Å². The number of carboxylic acid groups (broad SMARTS) is 1. The maximum atomic E-state index is 12.4. The van der Waals surface area contributed by atoms with Crippen LogP contribution >= 0.6 is 11.8 Å². The summed E-state index contributed by atoms with van der Waals surface area (Å²) in [7, 11) is 1.37. The van der Waals surface area contributed by atoms with Crippen LogP contribution in [0.4, 0.5) is 5.69 Å². The van der Waals surface area contributed by atoms with Crippen molar-refractivity contribution < 1.29 is 29.1 Å². The second-order valence-corrected chi connectivity index (χ2v) is 6.66. The Morgan fingerprint density at radius 1 is 1.50 bits per heavy atom. The van der Waals surface area contributed by atoms with E-state index in [-0.39, 0.29) is 36.1 Å². The highest BCUT2D eigenvalue weighted by molar-refractivity contribution is 7.99. The van der Waals surface area contributed by atoms with Gasteiger partial charge in [0.1, 0.15) is 0 Å². The molecule has 1 atom stereocenters. The SMILES string of the molecule is COc1ccc(CSCC(=O)N2CCOCC2CC(=O)O)cc1[N+](=O)[O-]. The molecule has 26 heavy (non-hydrogen) atoms. The van der Waals surface area contributed by atoms with Gasteiger partial charge in [-0.2, -0.15) is 0 Å². The van der Waals surface area contributed by atoms with Crippen molar-refractivity contribution in [3.63, 3.8) is 0 Å². The number of carbonyl (C=O) groups excluding carboxylic acids is 1. The van der Waals surface area contributed by atoms with E-state index in [4.69, 9.17) is 14.6 Å². The van der Waals surface area contributed by atoms with Crippen LogP contribution in [-0.4, -0.2) is 65.5 Å². The van der Waals surface area contributed by atoms with Gasteiger partial charge in [-0.3, -0.25) is 19.7 Å². The van der Waals surface area contributed by atoms with E-state index in [2.05, 4.69) is 0 Å². The number of carboxylic acids is 1. The van der Waals surface area contributed by atoms with Gasteiger partial charge in [-0.15, -0.1) is 11.8 Å². The van der Waals surface area contributed by atoms with E-state index in [0.29, 0.717) is 24.5 Å². The van der Waals surface area contributed by atoms with Crippen molar-refractivity contribution in [1.29, 1.82) is 0 Å². The van der Waals surface area contributed by atoms with E-state index >= 15 is 0 Å². The molecule has 0 aromatic heterocycles. The van der Waals surface area contributed by atoms with E-state index in [0.717, 1.165) is 0 Å². The predicted molar refractivity (Wildman–Crippen MR) is 94.4 cm³/mol. The third kappa shape index (κ3) is 5.33. The molecule has 0 saturated carbocycles. The van der Waals surface area contributed by atoms with Crippen LogP contribution in [0.2, 0.25) is 0 Å². The maximum Gasteiger partial charge on any atom is 0.311 e. The summed E-state index contributed by atoms with van der Waals surface area (Å²) in [4.78, 5) is 35.4. The highest BCUT2D eigenvalue weighted by Gasteiger charge is 2.28. The number of benzene rings is 1. The molecular formula is C16H20N2O7S. The molecule has 1 heterocycles. The molecule has 0 bridgehead atoms. The lowest BCUT2D eigenvalue weighted by molar-refractivity contribution is -0.385. The lowest BCUT2D eigenvalue weighted by atomic mass is 10.1. The van der Waals surface area contributed by atoms with Gasteiger partial charge < -0.3 is 19.5 Å². The molecule has 0 aliphatic carbocycles. The Morgan fingerprint density at radius 2 is 2.27 bits per heavy atom. The summed E-state index contributed by atoms with van der Waals surface area (Å²) in [6.07, 6.45) is -0.152. The topological polar surface area (TPSA) is 119 Å². The van der Waals surface area contributed by atoms with Crippen LogP contribution in [0.5, 0.6) is 5.75 Å². The molecule has 142 valence electrons. The molecule has 1 aromatic rings. The fraction of sp³-hybridized carbons (Fsp3) is 0.500. The van der Waals surface area contributed by atoms with Crippen molar-refractivity contribution in [2.75, 3.05) is 32.6 Å². The fourth-order valence-corrected chi connectivity index (χ4v) is 3.52. The monoisotopic (exact) mass is 384 g/mol. The van der Waals surface area contributed by atoms with Gasteiger partial charge in [0.2, 0.25) is 5.91 Å². The van der Waals surface area contributed by atoms with Gasteiger partial charge in [-0.1, -0.05) is 6.07 Å². The molecule has 1 aliphatic heterocycles. The van der Waals surface area contributed by atoms with Gasteiger partial charge in [0.25, 0.3) is 0 Å². The summed E-state index contributed by atoms with van der Waals surface area (Å²) in [6.45, 7) is 0.968. The maximum absolute atomic E-state index is 12.4. The van der Waals surface area contributed by atoms with Crippen molar-refractivity contribution >= 4 is 29.3 Å². The number of nitro benzene ring substituents is 1. The van der Waals surface area contributed by atoms with E-state index in [1.54, 1.807) is 11.0 Å². The molecule has 1 unspecified atom stereocenters. The van der Waals surface area contributed by atoms with Crippen molar-refractivity contribution in [1.82, 2.24) is 4.90 Å². The largest absolute Gasteiger partial charge is 0.490 e. The summed E-state index contributed by atoms with van der Waals surface area (Å²) >= 11 is 1.32. The van der Waals surface area contributed by atoms with Crippen LogP contribution in [0.1, 0.15) is 12.0 Å². The third-order valence-corrected chi connectivity index (χ3v) is 4.88. The predicted octanol–water partition coefficient (Wildman–Crippen LogP) is 1.54. The lowest BCUT2D eigenvalue weighted by Gasteiger charge is -2.34. The first kappa shape index (κ1) is 20.0. The van der Waals surface area contributed by atoms with Crippen molar-refractivity contribution in [3.05, 3.63) is 33.9 Å². The summed E-state index contributed by atoms with van der Waals surface area (Å²) in [5, 5.41) is 20.0. The summed E-state index contributed by atoms with van der Waals surface area (Å²) in [5.41, 5.74) is 0.589. The summed E-state index contributed by atoms with van der Waals surface area (Å²) in [6, 6.07) is 4.21. The number of rotatable bonds is 8. The number of nitrogens with zero attached hydrogens (tertiary/aromatic N) is 2. The molecular weight excluding hydrogens is 364 g/mol. The van der Waals surface area contributed by atoms with Gasteiger partial charge in [-0.05, 0) is 11.6 Å². The van der Waals surface area contributed by atoms with E-state index in [9.17, 15) is 19.7 Å². The first-order chi connectivity index (χ1) is 12.4. The number of methoxy groups -OCH3 is 1. The van der Waals surface area contributed by atoms with E-state index in [1.807, 2.05) is 0 Å². The third-order valence-electron chi connectivity index (χ3n) is 3.89. The van der Waals surface area contributed by atoms with Crippen molar-refractivity contribution in [2.24, 2.45) is 0 Å². The number of amides is 1. The average Bonchev–Trinajstić information content (AvgIpc) is 2.61. The molecule has 1 aliphatic rings. The zero-order valence-electron chi connectivity index (χ0n) is 14.3. The smallest absolute Gasteiger partial charge is 0.311 e. The van der Waals surface area contributed by atoms with Gasteiger partial charge in [-0.25, -0.2) is 0 Å². The first-order valence-corrected chi connectivity index (χ1v) is 9.06. The van der Waals surface area contributed by atoms with Crippen molar-refractivity contribution in [3.8, 4) is 5.75 Å². The second-order valence-electron chi connectivity index (χ2n) is 5.67. The Kier molecular flexibility index (Phi) is 7.22. The molecule has 9 nitrogen and oxygen atoms in total. The minimum absolute atomic E-state index is 0.119.